The van der Waals surface area contributed by atoms with Crippen molar-refractivity contribution in [2.24, 2.45) is 7.05 Å². The Morgan fingerprint density at radius 3 is 2.87 bits per heavy atom. The van der Waals surface area contributed by atoms with E-state index in [1.165, 1.54) is 4.68 Å². The van der Waals surface area contributed by atoms with Crippen molar-refractivity contribution >= 4 is 17.0 Å². The zero-order valence-electron chi connectivity index (χ0n) is 17.6. The van der Waals surface area contributed by atoms with Crippen molar-refractivity contribution in [2.75, 3.05) is 13.2 Å². The van der Waals surface area contributed by atoms with Gasteiger partial charge in [-0.2, -0.15) is 5.10 Å². The minimum absolute atomic E-state index is 0.147. The lowest BCUT2D eigenvalue weighted by Gasteiger charge is -2.12. The number of carboxylic acid groups (broad SMARTS) is 1. The van der Waals surface area contributed by atoms with Gasteiger partial charge in [-0.1, -0.05) is 18.7 Å². The van der Waals surface area contributed by atoms with Crippen molar-refractivity contribution in [3.05, 3.63) is 59.0 Å². The van der Waals surface area contributed by atoms with Crippen LogP contribution in [0.1, 0.15) is 25.6 Å². The van der Waals surface area contributed by atoms with E-state index in [9.17, 15) is 9.59 Å². The largest absolute Gasteiger partial charge is 0.500 e. The van der Waals surface area contributed by atoms with E-state index in [1.54, 1.807) is 50.1 Å². The summed E-state index contributed by atoms with van der Waals surface area (Å²) < 4.78 is 13.8. The number of ether oxygens (including phenoxy) is 2. The Morgan fingerprint density at radius 1 is 1.43 bits per heavy atom. The molecule has 0 saturated carbocycles. The summed E-state index contributed by atoms with van der Waals surface area (Å²) in [7, 11) is 1.71. The predicted molar refractivity (Wildman–Crippen MR) is 113 cm³/mol. The maximum Gasteiger partial charge on any atom is 0.333 e. The van der Waals surface area contributed by atoms with Crippen LogP contribution in [0, 0.1) is 6.92 Å². The molecule has 9 nitrogen and oxygen atoms in total. The Morgan fingerprint density at radius 2 is 2.20 bits per heavy atom. The standard InChI is InChI=1S/C21H28N4O5/c1-5-16(13-18(21(27)28)30-6-2)9-7-8-11-29-12-10-25-15(3)23-17-14-22-24(4)19(17)20(25)26/h5,8-9,11,14,18H,1,6-7,10,12-13H2,2-4H3,(H,27,28)/b11-8?,16-9+. The van der Waals surface area contributed by atoms with Crippen LogP contribution in [0.3, 0.4) is 0 Å². The molecule has 1 unspecified atom stereocenters. The van der Waals surface area contributed by atoms with E-state index in [-0.39, 0.29) is 12.0 Å². The van der Waals surface area contributed by atoms with Crippen LogP contribution in [0.4, 0.5) is 0 Å². The van der Waals surface area contributed by atoms with Crippen molar-refractivity contribution in [3.8, 4) is 0 Å². The van der Waals surface area contributed by atoms with Crippen LogP contribution in [-0.4, -0.2) is 49.7 Å². The molecule has 0 spiro atoms. The molecule has 30 heavy (non-hydrogen) atoms. The smallest absolute Gasteiger partial charge is 0.333 e. The third kappa shape index (κ3) is 5.90. The van der Waals surface area contributed by atoms with Crippen molar-refractivity contribution in [1.29, 1.82) is 0 Å². The van der Waals surface area contributed by atoms with Crippen LogP contribution in [0.2, 0.25) is 0 Å². The first-order valence-corrected chi connectivity index (χ1v) is 9.70. The Balaban J connectivity index is 1.87. The number of aliphatic carboxylic acids is 1. The summed E-state index contributed by atoms with van der Waals surface area (Å²) in [6.45, 7) is 8.26. The number of hydrogen-bond acceptors (Lipinski definition) is 6. The average Bonchev–Trinajstić information content (AvgIpc) is 3.07. The highest BCUT2D eigenvalue weighted by molar-refractivity contribution is 5.73. The second-order valence-electron chi connectivity index (χ2n) is 6.57. The fourth-order valence-electron chi connectivity index (χ4n) is 2.97. The molecule has 2 aromatic heterocycles. The molecular weight excluding hydrogens is 388 g/mol. The maximum absolute atomic E-state index is 12.6. The van der Waals surface area contributed by atoms with Gasteiger partial charge in [-0.25, -0.2) is 9.78 Å². The lowest BCUT2D eigenvalue weighted by atomic mass is 10.1. The van der Waals surface area contributed by atoms with Crippen molar-refractivity contribution in [2.45, 2.75) is 39.3 Å². The van der Waals surface area contributed by atoms with Crippen LogP contribution in [0.5, 0.6) is 0 Å². The third-order valence-electron chi connectivity index (χ3n) is 4.51. The zero-order valence-corrected chi connectivity index (χ0v) is 17.6. The summed E-state index contributed by atoms with van der Waals surface area (Å²) in [5.74, 6) is -0.387. The molecule has 0 aliphatic carbocycles. The van der Waals surface area contributed by atoms with Crippen LogP contribution in [0.15, 0.2) is 47.6 Å². The molecule has 0 aliphatic rings. The fourth-order valence-corrected chi connectivity index (χ4v) is 2.97. The SMILES string of the molecule is C=C/C(=C\CC=COCCn1c(C)nc2cnn(C)c2c1=O)CC(OCC)C(=O)O. The Hall–Kier alpha value is -3.20. The van der Waals surface area contributed by atoms with E-state index in [1.807, 2.05) is 6.08 Å². The van der Waals surface area contributed by atoms with Gasteiger partial charge in [-0.05, 0) is 31.9 Å². The Bertz CT molecular complexity index is 1000. The summed E-state index contributed by atoms with van der Waals surface area (Å²) in [5, 5.41) is 13.2. The first-order valence-electron chi connectivity index (χ1n) is 9.70. The number of allylic oxidation sites excluding steroid dienone is 3. The minimum atomic E-state index is -0.993. The summed E-state index contributed by atoms with van der Waals surface area (Å²) in [5.41, 5.74) is 1.69. The normalized spacial score (nSPS) is 13.1. The van der Waals surface area contributed by atoms with Crippen molar-refractivity contribution < 1.29 is 19.4 Å². The highest BCUT2D eigenvalue weighted by atomic mass is 16.5. The monoisotopic (exact) mass is 416 g/mol. The molecular formula is C21H28N4O5. The number of rotatable bonds is 12. The molecule has 0 fully saturated rings. The van der Waals surface area contributed by atoms with Gasteiger partial charge in [0.15, 0.2) is 11.6 Å². The fraction of sp³-hybridized carbons (Fsp3) is 0.429. The predicted octanol–water partition coefficient (Wildman–Crippen LogP) is 2.35. The minimum Gasteiger partial charge on any atom is -0.500 e. The molecule has 0 amide bonds. The lowest BCUT2D eigenvalue weighted by molar-refractivity contribution is -0.149. The average molecular weight is 416 g/mol. The van der Waals surface area contributed by atoms with E-state index in [4.69, 9.17) is 14.6 Å². The molecule has 1 N–H and O–H groups in total. The van der Waals surface area contributed by atoms with Crippen LogP contribution < -0.4 is 5.56 Å². The molecule has 2 aromatic rings. The topological polar surface area (TPSA) is 108 Å². The summed E-state index contributed by atoms with van der Waals surface area (Å²) in [4.78, 5) is 28.2. The lowest BCUT2D eigenvalue weighted by Crippen LogP contribution is -2.26. The summed E-state index contributed by atoms with van der Waals surface area (Å²) >= 11 is 0. The molecule has 0 bridgehead atoms. The van der Waals surface area contributed by atoms with Gasteiger partial charge in [0, 0.05) is 20.1 Å². The summed E-state index contributed by atoms with van der Waals surface area (Å²) in [6, 6.07) is 0. The maximum atomic E-state index is 12.6. The first-order chi connectivity index (χ1) is 14.4. The number of carbonyl (C=O) groups is 1. The Labute approximate surface area is 174 Å². The molecule has 0 radical (unpaired) electrons. The highest BCUT2D eigenvalue weighted by Crippen LogP contribution is 2.12. The molecule has 2 rings (SSSR count). The number of fused-ring (bicyclic) bond motifs is 1. The van der Waals surface area contributed by atoms with Crippen LogP contribution >= 0.6 is 0 Å². The van der Waals surface area contributed by atoms with Gasteiger partial charge in [0.2, 0.25) is 0 Å². The zero-order chi connectivity index (χ0) is 22.1. The van der Waals surface area contributed by atoms with Crippen molar-refractivity contribution in [3.63, 3.8) is 0 Å². The highest BCUT2D eigenvalue weighted by Gasteiger charge is 2.17. The molecule has 9 heteroatoms. The van der Waals surface area contributed by atoms with E-state index in [0.717, 1.165) is 5.57 Å². The number of nitrogens with zero attached hydrogens (tertiary/aromatic N) is 4. The van der Waals surface area contributed by atoms with Crippen LogP contribution in [0.25, 0.3) is 11.0 Å². The Kier molecular flexibility index (Phi) is 8.54. The van der Waals surface area contributed by atoms with E-state index >= 15 is 0 Å². The summed E-state index contributed by atoms with van der Waals surface area (Å²) in [6.07, 6.45) is 8.37. The van der Waals surface area contributed by atoms with Gasteiger partial charge >= 0.3 is 5.97 Å². The molecule has 0 aliphatic heterocycles. The second-order valence-corrected chi connectivity index (χ2v) is 6.57. The van der Waals surface area contributed by atoms with Gasteiger partial charge in [-0.3, -0.25) is 14.0 Å². The molecule has 162 valence electrons. The number of hydrogen-bond donors (Lipinski definition) is 1. The van der Waals surface area contributed by atoms with E-state index < -0.39 is 12.1 Å². The van der Waals surface area contributed by atoms with Gasteiger partial charge in [0.1, 0.15) is 17.9 Å². The number of aromatic nitrogens is 4. The third-order valence-corrected chi connectivity index (χ3v) is 4.51. The molecule has 0 aromatic carbocycles. The molecule has 2 heterocycles. The number of aryl methyl sites for hydroxylation is 2. The van der Waals surface area contributed by atoms with Crippen LogP contribution in [-0.2, 0) is 27.9 Å². The van der Waals surface area contributed by atoms with Gasteiger partial charge < -0.3 is 14.6 Å². The molecule has 1 atom stereocenters. The van der Waals surface area contributed by atoms with Gasteiger partial charge in [0.05, 0.1) is 19.0 Å². The number of carboxylic acids is 1. The van der Waals surface area contributed by atoms with Gasteiger partial charge in [-0.15, -0.1) is 0 Å². The van der Waals surface area contributed by atoms with Gasteiger partial charge in [0.25, 0.3) is 5.56 Å². The second kappa shape index (κ2) is 11.1. The quantitative estimate of drug-likeness (QED) is 0.321. The van der Waals surface area contributed by atoms with E-state index in [2.05, 4.69) is 16.7 Å². The van der Waals surface area contributed by atoms with Crippen molar-refractivity contribution in [1.82, 2.24) is 19.3 Å². The molecule has 0 saturated heterocycles. The van der Waals surface area contributed by atoms with E-state index in [0.29, 0.717) is 43.0 Å². The first kappa shape index (κ1) is 23.1.